The Labute approximate surface area is 68.8 Å². The number of ketones is 1. The summed E-state index contributed by atoms with van der Waals surface area (Å²) >= 11 is 0. The van der Waals surface area contributed by atoms with E-state index in [-0.39, 0.29) is 0 Å². The van der Waals surface area contributed by atoms with E-state index in [4.69, 9.17) is 0 Å². The number of hydrogen-bond acceptors (Lipinski definition) is 1. The zero-order valence-electron chi connectivity index (χ0n) is 7.18. The molecule has 0 atom stereocenters. The monoisotopic (exact) mass is 152 g/mol. The molecule has 0 aromatic heterocycles. The first-order valence-electron chi connectivity index (χ1n) is 4.10. The van der Waals surface area contributed by atoms with Crippen LogP contribution in [-0.2, 0) is 4.79 Å². The second-order valence-corrected chi connectivity index (χ2v) is 2.45. The van der Waals surface area contributed by atoms with Gasteiger partial charge in [0.1, 0.15) is 5.78 Å². The highest BCUT2D eigenvalue weighted by atomic mass is 16.1. The van der Waals surface area contributed by atoms with E-state index in [0.29, 0.717) is 12.2 Å². The fourth-order valence-electron chi connectivity index (χ4n) is 0.786. The zero-order chi connectivity index (χ0) is 8.53. The minimum absolute atomic E-state index is 0.358. The molecule has 62 valence electrons. The Kier molecular flexibility index (Phi) is 6.70. The van der Waals surface area contributed by atoms with Gasteiger partial charge in [0, 0.05) is 12.8 Å². The van der Waals surface area contributed by atoms with Crippen molar-refractivity contribution in [3.05, 3.63) is 24.8 Å². The Bertz CT molecular complexity index is 145. The van der Waals surface area contributed by atoms with Crippen molar-refractivity contribution in [3.63, 3.8) is 0 Å². The second-order valence-electron chi connectivity index (χ2n) is 2.45. The lowest BCUT2D eigenvalue weighted by molar-refractivity contribution is -0.118. The molecule has 0 unspecified atom stereocenters. The van der Waals surface area contributed by atoms with Crippen molar-refractivity contribution >= 4 is 5.78 Å². The van der Waals surface area contributed by atoms with Gasteiger partial charge in [-0.3, -0.25) is 4.79 Å². The summed E-state index contributed by atoms with van der Waals surface area (Å²) in [7, 11) is 0. The van der Waals surface area contributed by atoms with Crippen molar-refractivity contribution in [1.82, 2.24) is 0 Å². The summed E-state index contributed by atoms with van der Waals surface area (Å²) < 4.78 is 0. The highest BCUT2D eigenvalue weighted by Gasteiger charge is 1.94. The van der Waals surface area contributed by atoms with Crippen LogP contribution in [0.3, 0.4) is 0 Å². The van der Waals surface area contributed by atoms with Gasteiger partial charge in [-0.15, -0.1) is 0 Å². The van der Waals surface area contributed by atoms with Gasteiger partial charge in [-0.2, -0.15) is 0 Å². The normalized spacial score (nSPS) is 10.3. The molecule has 0 aliphatic rings. The summed E-state index contributed by atoms with van der Waals surface area (Å²) in [5.74, 6) is 0.358. The van der Waals surface area contributed by atoms with Crippen molar-refractivity contribution in [2.24, 2.45) is 0 Å². The number of unbranched alkanes of at least 4 members (excludes halogenated alkanes) is 1. The average molecular weight is 152 g/mol. The first kappa shape index (κ1) is 10.2. The van der Waals surface area contributed by atoms with Gasteiger partial charge in [0.25, 0.3) is 0 Å². The Morgan fingerprint density at radius 1 is 1.55 bits per heavy atom. The number of carbonyl (C=O) groups excluding carboxylic acids is 1. The van der Waals surface area contributed by atoms with Crippen molar-refractivity contribution < 1.29 is 4.79 Å². The van der Waals surface area contributed by atoms with E-state index in [1.54, 1.807) is 6.08 Å². The molecular formula is C10H16O. The van der Waals surface area contributed by atoms with Crippen LogP contribution in [0, 0.1) is 0 Å². The van der Waals surface area contributed by atoms with Crippen LogP contribution in [0.2, 0.25) is 0 Å². The summed E-state index contributed by atoms with van der Waals surface area (Å²) in [4.78, 5) is 10.8. The fourth-order valence-corrected chi connectivity index (χ4v) is 0.786. The minimum atomic E-state index is 0.358. The molecule has 1 heteroatoms. The summed E-state index contributed by atoms with van der Waals surface area (Å²) in [6.45, 7) is 5.46. The van der Waals surface area contributed by atoms with E-state index in [2.05, 4.69) is 6.58 Å². The molecule has 0 fully saturated rings. The van der Waals surface area contributed by atoms with Crippen LogP contribution in [0.25, 0.3) is 0 Å². The SMILES string of the molecule is C=CC=CCCCC(=O)CC. The lowest BCUT2D eigenvalue weighted by Crippen LogP contribution is -1.93. The molecule has 0 aromatic rings. The standard InChI is InChI=1S/C10H16O/c1-3-5-6-7-8-9-10(11)4-2/h3,5-6H,1,4,7-9H2,2H3. The van der Waals surface area contributed by atoms with Crippen LogP contribution in [0.1, 0.15) is 32.6 Å². The molecule has 0 rings (SSSR count). The molecule has 0 radical (unpaired) electrons. The van der Waals surface area contributed by atoms with Gasteiger partial charge in [0.2, 0.25) is 0 Å². The van der Waals surface area contributed by atoms with Gasteiger partial charge in [-0.25, -0.2) is 0 Å². The maximum Gasteiger partial charge on any atom is 0.132 e. The molecule has 0 saturated heterocycles. The average Bonchev–Trinajstić information content (AvgIpc) is 2.04. The summed E-state index contributed by atoms with van der Waals surface area (Å²) in [5.41, 5.74) is 0. The van der Waals surface area contributed by atoms with Crippen LogP contribution in [0.4, 0.5) is 0 Å². The maximum absolute atomic E-state index is 10.8. The van der Waals surface area contributed by atoms with Crippen molar-refractivity contribution in [2.75, 3.05) is 0 Å². The molecule has 0 N–H and O–H groups in total. The summed E-state index contributed by atoms with van der Waals surface area (Å²) in [6, 6.07) is 0. The van der Waals surface area contributed by atoms with E-state index in [9.17, 15) is 4.79 Å². The smallest absolute Gasteiger partial charge is 0.132 e. The number of Topliss-reactive ketones (excluding diaryl/α,β-unsaturated/α-hetero) is 1. The van der Waals surface area contributed by atoms with E-state index >= 15 is 0 Å². The highest BCUT2D eigenvalue weighted by Crippen LogP contribution is 1.99. The first-order chi connectivity index (χ1) is 5.31. The first-order valence-corrected chi connectivity index (χ1v) is 4.10. The van der Waals surface area contributed by atoms with Crippen molar-refractivity contribution in [3.8, 4) is 0 Å². The molecule has 0 bridgehead atoms. The van der Waals surface area contributed by atoms with Gasteiger partial charge in [-0.05, 0) is 12.8 Å². The molecule has 0 heterocycles. The van der Waals surface area contributed by atoms with Gasteiger partial charge in [-0.1, -0.05) is 31.7 Å². The molecular weight excluding hydrogens is 136 g/mol. The van der Waals surface area contributed by atoms with Crippen LogP contribution in [-0.4, -0.2) is 5.78 Å². The van der Waals surface area contributed by atoms with E-state index in [1.807, 2.05) is 19.1 Å². The Balaban J connectivity index is 3.20. The topological polar surface area (TPSA) is 17.1 Å². The third kappa shape index (κ3) is 7.04. The number of allylic oxidation sites excluding steroid dienone is 3. The third-order valence-electron chi connectivity index (χ3n) is 1.49. The van der Waals surface area contributed by atoms with Gasteiger partial charge >= 0.3 is 0 Å². The quantitative estimate of drug-likeness (QED) is 0.422. The highest BCUT2D eigenvalue weighted by molar-refractivity contribution is 5.77. The number of rotatable bonds is 6. The van der Waals surface area contributed by atoms with E-state index < -0.39 is 0 Å². The van der Waals surface area contributed by atoms with Gasteiger partial charge < -0.3 is 0 Å². The Morgan fingerprint density at radius 3 is 2.82 bits per heavy atom. The largest absolute Gasteiger partial charge is 0.300 e. The van der Waals surface area contributed by atoms with Crippen LogP contribution in [0.5, 0.6) is 0 Å². The summed E-state index contributed by atoms with van der Waals surface area (Å²) in [6.07, 6.45) is 9.05. The van der Waals surface area contributed by atoms with Crippen LogP contribution in [0.15, 0.2) is 24.8 Å². The Morgan fingerprint density at radius 2 is 2.27 bits per heavy atom. The Hall–Kier alpha value is -0.850. The minimum Gasteiger partial charge on any atom is -0.300 e. The van der Waals surface area contributed by atoms with E-state index in [1.165, 1.54) is 0 Å². The lowest BCUT2D eigenvalue weighted by atomic mass is 10.1. The molecule has 0 spiro atoms. The van der Waals surface area contributed by atoms with Gasteiger partial charge in [0.05, 0.1) is 0 Å². The predicted molar refractivity (Wildman–Crippen MR) is 48.5 cm³/mol. The lowest BCUT2D eigenvalue weighted by Gasteiger charge is -1.92. The molecule has 0 aliphatic heterocycles. The summed E-state index contributed by atoms with van der Waals surface area (Å²) in [5, 5.41) is 0. The molecule has 0 aliphatic carbocycles. The molecule has 11 heavy (non-hydrogen) atoms. The number of carbonyl (C=O) groups is 1. The van der Waals surface area contributed by atoms with Crippen molar-refractivity contribution in [2.45, 2.75) is 32.6 Å². The number of hydrogen-bond donors (Lipinski definition) is 0. The zero-order valence-corrected chi connectivity index (χ0v) is 7.18. The van der Waals surface area contributed by atoms with Gasteiger partial charge in [0.15, 0.2) is 0 Å². The van der Waals surface area contributed by atoms with Crippen LogP contribution >= 0.6 is 0 Å². The van der Waals surface area contributed by atoms with E-state index in [0.717, 1.165) is 19.3 Å². The maximum atomic E-state index is 10.8. The molecule has 1 nitrogen and oxygen atoms in total. The molecule has 0 amide bonds. The molecule has 0 saturated carbocycles. The molecule has 0 aromatic carbocycles. The third-order valence-corrected chi connectivity index (χ3v) is 1.49. The second kappa shape index (κ2) is 7.26. The predicted octanol–water partition coefficient (Wildman–Crippen LogP) is 2.88. The van der Waals surface area contributed by atoms with Crippen molar-refractivity contribution in [1.29, 1.82) is 0 Å². The fraction of sp³-hybridized carbons (Fsp3) is 0.500. The van der Waals surface area contributed by atoms with Crippen LogP contribution < -0.4 is 0 Å².